The van der Waals surface area contributed by atoms with Crippen LogP contribution in [0.3, 0.4) is 0 Å². The molecule has 3 N–H and O–H groups in total. The van der Waals surface area contributed by atoms with Crippen LogP contribution < -0.4 is 20.5 Å². The number of nitrogens with one attached hydrogen (secondary N) is 1. The van der Waals surface area contributed by atoms with Crippen LogP contribution in [0.1, 0.15) is 20.8 Å². The Bertz CT molecular complexity index is 380. The number of benzene rings is 1. The van der Waals surface area contributed by atoms with Crippen molar-refractivity contribution in [2.75, 3.05) is 32.1 Å². The van der Waals surface area contributed by atoms with Gasteiger partial charge in [-0.15, -0.1) is 0 Å². The molecule has 0 fully saturated rings. The number of hydrogen-bond donors (Lipinski definition) is 2. The van der Waals surface area contributed by atoms with Gasteiger partial charge in [0, 0.05) is 18.3 Å². The van der Waals surface area contributed by atoms with Gasteiger partial charge in [0.15, 0.2) is 11.5 Å². The van der Waals surface area contributed by atoms with Gasteiger partial charge in [-0.1, -0.05) is 13.8 Å². The average Bonchev–Trinajstić information content (AvgIpc) is 2.40. The first-order chi connectivity index (χ1) is 9.12. The molecule has 0 saturated heterocycles. The molecule has 108 valence electrons. The molecule has 19 heavy (non-hydrogen) atoms. The maximum atomic E-state index is 5.77. The second-order valence-corrected chi connectivity index (χ2v) is 4.92. The third-order valence-electron chi connectivity index (χ3n) is 3.28. The molecule has 1 rings (SSSR count). The van der Waals surface area contributed by atoms with Crippen LogP contribution in [0.15, 0.2) is 18.2 Å². The summed E-state index contributed by atoms with van der Waals surface area (Å²) in [5, 5.41) is 3.41. The Hall–Kier alpha value is -1.42. The van der Waals surface area contributed by atoms with Crippen LogP contribution in [0.4, 0.5) is 5.69 Å². The van der Waals surface area contributed by atoms with Crippen molar-refractivity contribution in [2.24, 2.45) is 17.6 Å². The van der Waals surface area contributed by atoms with Crippen LogP contribution in [-0.4, -0.2) is 26.8 Å². The Kier molecular flexibility index (Phi) is 6.50. The highest BCUT2D eigenvalue weighted by atomic mass is 16.5. The topological polar surface area (TPSA) is 56.5 Å². The maximum Gasteiger partial charge on any atom is 0.162 e. The van der Waals surface area contributed by atoms with E-state index in [4.69, 9.17) is 15.2 Å². The minimum atomic E-state index is 0.470. The van der Waals surface area contributed by atoms with Crippen molar-refractivity contribution in [1.82, 2.24) is 0 Å². The van der Waals surface area contributed by atoms with Crippen LogP contribution in [-0.2, 0) is 0 Å². The quantitative estimate of drug-likeness (QED) is 0.759. The van der Waals surface area contributed by atoms with E-state index >= 15 is 0 Å². The number of ether oxygens (including phenoxy) is 2. The SMILES string of the molecule is CCOc1ccc(NCC(CN)C(C)C)cc1OC. The molecular formula is C15H26N2O2. The zero-order valence-corrected chi connectivity index (χ0v) is 12.4. The highest BCUT2D eigenvalue weighted by molar-refractivity contribution is 5.54. The number of methoxy groups -OCH3 is 1. The fourth-order valence-electron chi connectivity index (χ4n) is 1.89. The third-order valence-corrected chi connectivity index (χ3v) is 3.28. The molecule has 0 aliphatic rings. The molecule has 1 unspecified atom stereocenters. The zero-order chi connectivity index (χ0) is 14.3. The molecule has 1 atom stereocenters. The molecule has 0 aromatic heterocycles. The summed E-state index contributed by atoms with van der Waals surface area (Å²) in [7, 11) is 1.65. The Morgan fingerprint density at radius 2 is 2.00 bits per heavy atom. The van der Waals surface area contributed by atoms with Crippen molar-refractivity contribution in [3.8, 4) is 11.5 Å². The third kappa shape index (κ3) is 4.63. The van der Waals surface area contributed by atoms with Crippen molar-refractivity contribution in [3.63, 3.8) is 0 Å². The predicted octanol–water partition coefficient (Wildman–Crippen LogP) is 2.74. The Balaban J connectivity index is 2.69. The van der Waals surface area contributed by atoms with Crippen molar-refractivity contribution in [2.45, 2.75) is 20.8 Å². The molecule has 0 amide bonds. The van der Waals surface area contributed by atoms with Gasteiger partial charge in [-0.3, -0.25) is 0 Å². The summed E-state index contributed by atoms with van der Waals surface area (Å²) in [5.74, 6) is 2.56. The van der Waals surface area contributed by atoms with Crippen molar-refractivity contribution in [3.05, 3.63) is 18.2 Å². The second kappa shape index (κ2) is 7.89. The van der Waals surface area contributed by atoms with Crippen molar-refractivity contribution in [1.29, 1.82) is 0 Å². The van der Waals surface area contributed by atoms with E-state index in [1.54, 1.807) is 7.11 Å². The standard InChI is InChI=1S/C15H26N2O2/c1-5-19-14-7-6-13(8-15(14)18-4)17-10-12(9-16)11(2)3/h6-8,11-12,17H,5,9-10,16H2,1-4H3. The highest BCUT2D eigenvalue weighted by Crippen LogP contribution is 2.30. The first-order valence-electron chi connectivity index (χ1n) is 6.87. The number of anilines is 1. The minimum absolute atomic E-state index is 0.470. The minimum Gasteiger partial charge on any atom is -0.493 e. The van der Waals surface area contributed by atoms with E-state index in [9.17, 15) is 0 Å². The van der Waals surface area contributed by atoms with Gasteiger partial charge in [0.1, 0.15) is 0 Å². The zero-order valence-electron chi connectivity index (χ0n) is 12.4. The van der Waals surface area contributed by atoms with Crippen LogP contribution >= 0.6 is 0 Å². The summed E-state index contributed by atoms with van der Waals surface area (Å²) in [6.45, 7) is 8.53. The van der Waals surface area contributed by atoms with Gasteiger partial charge < -0.3 is 20.5 Å². The fraction of sp³-hybridized carbons (Fsp3) is 0.600. The first kappa shape index (κ1) is 15.6. The van der Waals surface area contributed by atoms with Gasteiger partial charge in [-0.2, -0.15) is 0 Å². The van der Waals surface area contributed by atoms with E-state index in [1.807, 2.05) is 25.1 Å². The molecule has 0 spiro atoms. The Morgan fingerprint density at radius 3 is 2.53 bits per heavy atom. The van der Waals surface area contributed by atoms with Gasteiger partial charge in [0.25, 0.3) is 0 Å². The van der Waals surface area contributed by atoms with E-state index in [0.717, 1.165) is 23.7 Å². The molecule has 0 bridgehead atoms. The lowest BCUT2D eigenvalue weighted by Crippen LogP contribution is -2.27. The summed E-state index contributed by atoms with van der Waals surface area (Å²) < 4.78 is 10.8. The monoisotopic (exact) mass is 266 g/mol. The van der Waals surface area contributed by atoms with Gasteiger partial charge >= 0.3 is 0 Å². The number of nitrogens with two attached hydrogens (primary N) is 1. The molecule has 0 radical (unpaired) electrons. The summed E-state index contributed by atoms with van der Waals surface area (Å²) in [6, 6.07) is 5.89. The van der Waals surface area contributed by atoms with Crippen LogP contribution in [0.25, 0.3) is 0 Å². The Labute approximate surface area is 116 Å². The highest BCUT2D eigenvalue weighted by Gasteiger charge is 2.11. The molecule has 0 aliphatic heterocycles. The lowest BCUT2D eigenvalue weighted by Gasteiger charge is -2.20. The average molecular weight is 266 g/mol. The summed E-state index contributed by atoms with van der Waals surface area (Å²) >= 11 is 0. The molecular weight excluding hydrogens is 240 g/mol. The lowest BCUT2D eigenvalue weighted by atomic mass is 9.96. The van der Waals surface area contributed by atoms with Crippen molar-refractivity contribution < 1.29 is 9.47 Å². The molecule has 0 saturated carbocycles. The molecule has 1 aromatic carbocycles. The molecule has 0 heterocycles. The van der Waals surface area contributed by atoms with Gasteiger partial charge in [0.05, 0.1) is 13.7 Å². The molecule has 0 aliphatic carbocycles. The molecule has 4 heteroatoms. The second-order valence-electron chi connectivity index (χ2n) is 4.92. The number of rotatable bonds is 8. The smallest absolute Gasteiger partial charge is 0.162 e. The van der Waals surface area contributed by atoms with Gasteiger partial charge in [-0.25, -0.2) is 0 Å². The largest absolute Gasteiger partial charge is 0.493 e. The molecule has 4 nitrogen and oxygen atoms in total. The normalized spacial score (nSPS) is 12.3. The Morgan fingerprint density at radius 1 is 1.26 bits per heavy atom. The fourth-order valence-corrected chi connectivity index (χ4v) is 1.89. The van der Waals surface area contributed by atoms with E-state index in [0.29, 0.717) is 25.0 Å². The van der Waals surface area contributed by atoms with Crippen LogP contribution in [0, 0.1) is 11.8 Å². The lowest BCUT2D eigenvalue weighted by molar-refractivity contribution is 0.311. The van der Waals surface area contributed by atoms with E-state index < -0.39 is 0 Å². The molecule has 1 aromatic rings. The number of hydrogen-bond acceptors (Lipinski definition) is 4. The van der Waals surface area contributed by atoms with Gasteiger partial charge in [0.2, 0.25) is 0 Å². The summed E-state index contributed by atoms with van der Waals surface area (Å²) in [6.07, 6.45) is 0. The van der Waals surface area contributed by atoms with Crippen LogP contribution in [0.5, 0.6) is 11.5 Å². The van der Waals surface area contributed by atoms with Crippen molar-refractivity contribution >= 4 is 5.69 Å². The summed E-state index contributed by atoms with van der Waals surface area (Å²) in [4.78, 5) is 0. The summed E-state index contributed by atoms with van der Waals surface area (Å²) in [5.41, 5.74) is 6.80. The van der Waals surface area contributed by atoms with E-state index in [1.165, 1.54) is 0 Å². The maximum absolute atomic E-state index is 5.77. The van der Waals surface area contributed by atoms with Crippen LogP contribution in [0.2, 0.25) is 0 Å². The predicted molar refractivity (Wildman–Crippen MR) is 80.0 cm³/mol. The van der Waals surface area contributed by atoms with Gasteiger partial charge in [-0.05, 0) is 37.4 Å². The van der Waals surface area contributed by atoms with E-state index in [2.05, 4.69) is 19.2 Å². The van der Waals surface area contributed by atoms with E-state index in [-0.39, 0.29) is 0 Å². The first-order valence-corrected chi connectivity index (χ1v) is 6.87.